The summed E-state index contributed by atoms with van der Waals surface area (Å²) in [5.74, 6) is -2.05. The van der Waals surface area contributed by atoms with Gasteiger partial charge in [-0.05, 0) is 38.8 Å². The molecule has 2 amide bonds. The van der Waals surface area contributed by atoms with Crippen LogP contribution in [-0.4, -0.2) is 17.6 Å². The number of hydrogen-bond acceptors (Lipinski definition) is 3. The fraction of sp³-hybridized carbons (Fsp3) is 0.190. The Balaban J connectivity index is 2.58. The van der Waals surface area contributed by atoms with Crippen LogP contribution in [-0.2, 0) is 9.59 Å². The van der Waals surface area contributed by atoms with E-state index >= 15 is 0 Å². The van der Waals surface area contributed by atoms with Crippen LogP contribution >= 0.6 is 0 Å². The molecule has 0 N–H and O–H groups in total. The third-order valence-electron chi connectivity index (χ3n) is 4.07. The van der Waals surface area contributed by atoms with E-state index in [9.17, 15) is 14.4 Å². The van der Waals surface area contributed by atoms with Crippen LogP contribution in [0.15, 0.2) is 60.2 Å². The second kappa shape index (κ2) is 7.71. The maximum Gasteiger partial charge on any atom is 0.306 e. The first kappa shape index (κ1) is 18.3. The first-order valence-electron chi connectivity index (χ1n) is 8.05. The Labute approximate surface area is 147 Å². The topological polar surface area (TPSA) is 54.5 Å². The molecule has 0 aliphatic heterocycles. The van der Waals surface area contributed by atoms with Crippen LogP contribution in [0.5, 0.6) is 0 Å². The second-order valence-electron chi connectivity index (χ2n) is 5.85. The molecule has 0 fully saturated rings. The van der Waals surface area contributed by atoms with E-state index in [1.165, 1.54) is 0 Å². The largest absolute Gasteiger partial charge is 0.306 e. The van der Waals surface area contributed by atoms with Gasteiger partial charge in [0.05, 0.1) is 5.69 Å². The van der Waals surface area contributed by atoms with Crippen LogP contribution in [0, 0.1) is 13.8 Å². The molecule has 25 heavy (non-hydrogen) atoms. The maximum atomic E-state index is 12.9. The van der Waals surface area contributed by atoms with Gasteiger partial charge in [0, 0.05) is 11.1 Å². The lowest BCUT2D eigenvalue weighted by Crippen LogP contribution is -2.42. The summed E-state index contributed by atoms with van der Waals surface area (Å²) < 4.78 is 0. The van der Waals surface area contributed by atoms with Crippen LogP contribution in [0.1, 0.15) is 35.3 Å². The molecule has 0 heterocycles. The lowest BCUT2D eigenvalue weighted by molar-refractivity contribution is -0.122. The molecule has 0 spiro atoms. The van der Waals surface area contributed by atoms with Crippen LogP contribution in [0.4, 0.5) is 5.69 Å². The van der Waals surface area contributed by atoms with Gasteiger partial charge in [-0.1, -0.05) is 54.6 Å². The summed E-state index contributed by atoms with van der Waals surface area (Å²) in [4.78, 5) is 39.4. The minimum absolute atomic E-state index is 0.259. The molecule has 0 unspecified atom stereocenters. The van der Waals surface area contributed by atoms with Gasteiger partial charge in [0.15, 0.2) is 0 Å². The molecule has 2 aromatic rings. The lowest BCUT2D eigenvalue weighted by atomic mass is 10.0. The van der Waals surface area contributed by atoms with Gasteiger partial charge in [0.2, 0.25) is 0 Å². The summed E-state index contributed by atoms with van der Waals surface area (Å²) in [5.41, 5.74) is 2.63. The Bertz CT molecular complexity index is 830. The van der Waals surface area contributed by atoms with Crippen molar-refractivity contribution in [3.05, 3.63) is 76.9 Å². The van der Waals surface area contributed by atoms with Crippen molar-refractivity contribution in [1.29, 1.82) is 0 Å². The van der Waals surface area contributed by atoms with Crippen molar-refractivity contribution in [3.63, 3.8) is 0 Å². The first-order valence-corrected chi connectivity index (χ1v) is 8.05. The maximum absolute atomic E-state index is 12.9. The molecule has 0 aliphatic rings. The minimum atomic E-state index is -0.852. The number of carbonyl (C=O) groups excluding carboxylic acids is 3. The van der Waals surface area contributed by atoms with E-state index in [2.05, 4.69) is 0 Å². The van der Waals surface area contributed by atoms with Crippen LogP contribution < -0.4 is 4.90 Å². The van der Waals surface area contributed by atoms with E-state index in [-0.39, 0.29) is 5.56 Å². The summed E-state index contributed by atoms with van der Waals surface area (Å²) in [7, 11) is 0. The molecule has 2 aromatic carbocycles. The highest BCUT2D eigenvalue weighted by Crippen LogP contribution is 2.27. The molecule has 2 rings (SSSR count). The molecule has 128 valence electrons. The average Bonchev–Trinajstić information content (AvgIpc) is 2.63. The lowest BCUT2D eigenvalue weighted by Gasteiger charge is -2.24. The highest BCUT2D eigenvalue weighted by Gasteiger charge is 2.32. The zero-order chi connectivity index (χ0) is 18.6. The van der Waals surface area contributed by atoms with E-state index in [4.69, 9.17) is 0 Å². The molecule has 0 atom stereocenters. The number of carbonyl (C=O) groups is 3. The standard InChI is InChI=1S/C21H21NO3/c1-5-14(2)20(24)22(18-15(3)10-9-11-16(18)4)21(25)19(23)17-12-7-6-8-13-17/h5-13H,1-4H3/b14-5+. The Morgan fingerprint density at radius 3 is 1.92 bits per heavy atom. The number of para-hydroxylation sites is 1. The van der Waals surface area contributed by atoms with Gasteiger partial charge in [-0.25, -0.2) is 4.90 Å². The van der Waals surface area contributed by atoms with Crippen molar-refractivity contribution >= 4 is 23.3 Å². The van der Waals surface area contributed by atoms with Crippen LogP contribution in [0.3, 0.4) is 0 Å². The fourth-order valence-electron chi connectivity index (χ4n) is 2.57. The Morgan fingerprint density at radius 2 is 1.40 bits per heavy atom. The van der Waals surface area contributed by atoms with Crippen LogP contribution in [0.2, 0.25) is 0 Å². The van der Waals surface area contributed by atoms with Crippen molar-refractivity contribution < 1.29 is 14.4 Å². The number of amides is 2. The zero-order valence-corrected chi connectivity index (χ0v) is 14.9. The summed E-state index contributed by atoms with van der Waals surface area (Å²) in [5, 5.41) is 0. The molecule has 0 radical (unpaired) electrons. The number of imide groups is 1. The van der Waals surface area contributed by atoms with Gasteiger partial charge in [-0.15, -0.1) is 0 Å². The fourth-order valence-corrected chi connectivity index (χ4v) is 2.57. The summed E-state index contributed by atoms with van der Waals surface area (Å²) in [6.45, 7) is 6.98. The number of allylic oxidation sites excluding steroid dienone is 1. The van der Waals surface area contributed by atoms with Crippen molar-refractivity contribution in [1.82, 2.24) is 0 Å². The minimum Gasteiger partial charge on any atom is -0.283 e. The predicted molar refractivity (Wildman–Crippen MR) is 98.6 cm³/mol. The third-order valence-corrected chi connectivity index (χ3v) is 4.07. The molecule has 4 heteroatoms. The monoisotopic (exact) mass is 335 g/mol. The summed E-state index contributed by atoms with van der Waals surface area (Å²) in [6, 6.07) is 13.7. The van der Waals surface area contributed by atoms with Crippen molar-refractivity contribution in [2.75, 3.05) is 4.90 Å². The first-order chi connectivity index (χ1) is 11.9. The molecule has 0 aliphatic carbocycles. The van der Waals surface area contributed by atoms with Gasteiger partial charge in [-0.2, -0.15) is 0 Å². The smallest absolute Gasteiger partial charge is 0.283 e. The summed E-state index contributed by atoms with van der Waals surface area (Å²) >= 11 is 0. The van der Waals surface area contributed by atoms with Gasteiger partial charge in [-0.3, -0.25) is 14.4 Å². The summed E-state index contributed by atoms with van der Waals surface area (Å²) in [6.07, 6.45) is 1.63. The van der Waals surface area contributed by atoms with E-state index in [0.29, 0.717) is 11.3 Å². The van der Waals surface area contributed by atoms with Gasteiger partial charge in [0.1, 0.15) is 0 Å². The second-order valence-corrected chi connectivity index (χ2v) is 5.85. The van der Waals surface area contributed by atoms with Crippen molar-refractivity contribution in [3.8, 4) is 0 Å². The third kappa shape index (κ3) is 3.74. The van der Waals surface area contributed by atoms with Crippen molar-refractivity contribution in [2.24, 2.45) is 0 Å². The van der Waals surface area contributed by atoms with Gasteiger partial charge in [0.25, 0.3) is 11.7 Å². The molecule has 0 saturated heterocycles. The number of rotatable bonds is 4. The number of hydrogen-bond donors (Lipinski definition) is 0. The van der Waals surface area contributed by atoms with E-state index in [1.807, 2.05) is 32.0 Å². The highest BCUT2D eigenvalue weighted by molar-refractivity contribution is 6.51. The van der Waals surface area contributed by atoms with Crippen molar-refractivity contribution in [2.45, 2.75) is 27.7 Å². The van der Waals surface area contributed by atoms with Crippen LogP contribution in [0.25, 0.3) is 0 Å². The molecule has 4 nitrogen and oxygen atoms in total. The zero-order valence-electron chi connectivity index (χ0n) is 14.9. The quantitative estimate of drug-likeness (QED) is 0.482. The van der Waals surface area contributed by atoms with E-state index < -0.39 is 17.6 Å². The predicted octanol–water partition coefficient (Wildman–Crippen LogP) is 4.01. The van der Waals surface area contributed by atoms with E-state index in [1.54, 1.807) is 50.3 Å². The molecule has 0 aromatic heterocycles. The number of nitrogens with zero attached hydrogens (tertiary/aromatic N) is 1. The normalized spacial score (nSPS) is 11.1. The number of anilines is 1. The molecule has 0 saturated carbocycles. The average molecular weight is 335 g/mol. The Hall–Kier alpha value is -3.01. The SMILES string of the molecule is C/C=C(\C)C(=O)N(C(=O)C(=O)c1ccccc1)c1c(C)cccc1C. The number of Topliss-reactive ketones (excluding diaryl/α,β-unsaturated/α-hetero) is 1. The van der Waals surface area contributed by atoms with Gasteiger partial charge < -0.3 is 0 Å². The van der Waals surface area contributed by atoms with Gasteiger partial charge >= 0.3 is 5.91 Å². The van der Waals surface area contributed by atoms with E-state index in [0.717, 1.165) is 16.0 Å². The Kier molecular flexibility index (Phi) is 5.65. The molecular weight excluding hydrogens is 314 g/mol. The Morgan fingerprint density at radius 1 is 0.840 bits per heavy atom. The highest BCUT2D eigenvalue weighted by atomic mass is 16.2. The number of benzene rings is 2. The number of aryl methyl sites for hydroxylation is 2. The number of ketones is 1. The molecule has 0 bridgehead atoms. The molecular formula is C21H21NO3.